The van der Waals surface area contributed by atoms with Gasteiger partial charge in [0, 0.05) is 36.3 Å². The number of hydrogen-bond acceptors (Lipinski definition) is 5. The first-order valence-electron chi connectivity index (χ1n) is 16.2. The number of benzene rings is 2. The van der Waals surface area contributed by atoms with Crippen LogP contribution in [-0.2, 0) is 9.59 Å². The molecule has 8 heteroatoms. The highest BCUT2D eigenvalue weighted by atomic mass is 16.5. The maximum Gasteiger partial charge on any atom is 0.303 e. The predicted octanol–water partition coefficient (Wildman–Crippen LogP) is 7.35. The summed E-state index contributed by atoms with van der Waals surface area (Å²) in [5.41, 5.74) is 4.82. The average molecular weight is 595 g/mol. The van der Waals surface area contributed by atoms with E-state index in [2.05, 4.69) is 46.3 Å². The summed E-state index contributed by atoms with van der Waals surface area (Å²) in [5.74, 6) is 0.876. The van der Waals surface area contributed by atoms with Crippen molar-refractivity contribution < 1.29 is 19.4 Å². The Kier molecular flexibility index (Phi) is 9.02. The van der Waals surface area contributed by atoms with E-state index in [1.807, 2.05) is 29.3 Å². The van der Waals surface area contributed by atoms with Gasteiger partial charge in [0.25, 0.3) is 0 Å². The van der Waals surface area contributed by atoms with Gasteiger partial charge in [-0.15, -0.1) is 0 Å². The van der Waals surface area contributed by atoms with Crippen LogP contribution in [0.2, 0.25) is 0 Å². The van der Waals surface area contributed by atoms with Crippen LogP contribution in [0.3, 0.4) is 0 Å². The number of carbonyl (C=O) groups excluding carboxylic acids is 1. The predicted molar refractivity (Wildman–Crippen MR) is 168 cm³/mol. The first-order chi connectivity index (χ1) is 21.4. The fraction of sp³-hybridized carbons (Fsp3) is 0.500. The summed E-state index contributed by atoms with van der Waals surface area (Å²) in [4.78, 5) is 27.5. The maximum absolute atomic E-state index is 14.2. The Balaban J connectivity index is 1.18. The van der Waals surface area contributed by atoms with E-state index in [1.54, 1.807) is 7.11 Å². The number of aliphatic carboxylic acids is 1. The number of ether oxygens (including phenoxy) is 1. The third-order valence-electron chi connectivity index (χ3n) is 10.0. The number of rotatable bonds is 10. The number of hydrogen-bond donors (Lipinski definition) is 1. The highest BCUT2D eigenvalue weighted by molar-refractivity contribution is 5.95. The zero-order valence-corrected chi connectivity index (χ0v) is 25.5. The van der Waals surface area contributed by atoms with Gasteiger partial charge in [-0.05, 0) is 117 Å². The minimum Gasteiger partial charge on any atom is -0.495 e. The van der Waals surface area contributed by atoms with E-state index >= 15 is 0 Å². The normalized spacial score (nSPS) is 23.5. The lowest BCUT2D eigenvalue weighted by atomic mass is 9.77. The molecule has 3 fully saturated rings. The molecule has 0 radical (unpaired) electrons. The molecule has 0 bridgehead atoms. The van der Waals surface area contributed by atoms with Gasteiger partial charge in [0.1, 0.15) is 11.8 Å². The van der Waals surface area contributed by atoms with Crippen LogP contribution in [0.5, 0.6) is 5.75 Å². The van der Waals surface area contributed by atoms with Gasteiger partial charge in [-0.2, -0.15) is 10.4 Å². The summed E-state index contributed by atoms with van der Waals surface area (Å²) in [6.07, 6.45) is 13.7. The van der Waals surface area contributed by atoms with Gasteiger partial charge < -0.3 is 14.7 Å². The Bertz CT molecular complexity index is 1520. The molecule has 6 rings (SSSR count). The van der Waals surface area contributed by atoms with Crippen molar-refractivity contribution in [1.29, 1.82) is 5.26 Å². The number of aromatic nitrogens is 2. The molecule has 1 aromatic heterocycles. The van der Waals surface area contributed by atoms with Gasteiger partial charge in [-0.1, -0.05) is 18.2 Å². The van der Waals surface area contributed by atoms with E-state index in [0.717, 1.165) is 68.2 Å². The molecule has 2 aromatic carbocycles. The lowest BCUT2D eigenvalue weighted by Crippen LogP contribution is -2.41. The summed E-state index contributed by atoms with van der Waals surface area (Å²) in [6.45, 7) is 0.678. The summed E-state index contributed by atoms with van der Waals surface area (Å²) in [5, 5.41) is 23.4. The highest BCUT2D eigenvalue weighted by Gasteiger charge is 2.33. The van der Waals surface area contributed by atoms with E-state index in [1.165, 1.54) is 18.4 Å². The molecule has 3 aromatic rings. The summed E-state index contributed by atoms with van der Waals surface area (Å²) in [6, 6.07) is 17.0. The number of methoxy groups -OCH3 is 1. The Morgan fingerprint density at radius 2 is 1.73 bits per heavy atom. The first kappa shape index (κ1) is 29.9. The van der Waals surface area contributed by atoms with E-state index in [4.69, 9.17) is 4.74 Å². The Labute approximate surface area is 259 Å². The van der Waals surface area contributed by atoms with Crippen molar-refractivity contribution in [3.05, 3.63) is 66.0 Å². The fourth-order valence-corrected chi connectivity index (χ4v) is 7.29. The van der Waals surface area contributed by atoms with Crippen LogP contribution in [0, 0.1) is 29.1 Å². The zero-order chi connectivity index (χ0) is 30.6. The number of amides is 1. The minimum atomic E-state index is -0.752. The molecule has 1 heterocycles. The molecule has 0 spiro atoms. The molecule has 3 saturated carbocycles. The Morgan fingerprint density at radius 1 is 0.977 bits per heavy atom. The van der Waals surface area contributed by atoms with Crippen molar-refractivity contribution in [2.45, 2.75) is 82.6 Å². The topological polar surface area (TPSA) is 108 Å². The van der Waals surface area contributed by atoms with Crippen LogP contribution >= 0.6 is 0 Å². The van der Waals surface area contributed by atoms with Crippen LogP contribution in [-0.4, -0.2) is 40.4 Å². The zero-order valence-electron chi connectivity index (χ0n) is 25.5. The van der Waals surface area contributed by atoms with E-state index in [9.17, 15) is 20.0 Å². The van der Waals surface area contributed by atoms with Crippen LogP contribution in [0.4, 0.5) is 5.69 Å². The summed E-state index contributed by atoms with van der Waals surface area (Å²) in [7, 11) is 1.59. The number of anilines is 1. The van der Waals surface area contributed by atoms with Gasteiger partial charge >= 0.3 is 5.97 Å². The smallest absolute Gasteiger partial charge is 0.303 e. The summed E-state index contributed by atoms with van der Waals surface area (Å²) < 4.78 is 7.39. The molecule has 0 atom stereocenters. The molecular formula is C36H42N4O4. The quantitative estimate of drug-likeness (QED) is 0.263. The molecular weight excluding hydrogens is 552 g/mol. The van der Waals surface area contributed by atoms with E-state index < -0.39 is 5.97 Å². The second kappa shape index (κ2) is 13.3. The Morgan fingerprint density at radius 3 is 2.41 bits per heavy atom. The third kappa shape index (κ3) is 6.83. The number of carboxylic acid groups (broad SMARTS) is 1. The molecule has 3 aliphatic carbocycles. The molecule has 8 nitrogen and oxygen atoms in total. The van der Waals surface area contributed by atoms with Crippen LogP contribution in [0.1, 0.15) is 93.7 Å². The van der Waals surface area contributed by atoms with Crippen molar-refractivity contribution in [2.24, 2.45) is 17.8 Å². The SMILES string of the molecule is COc1ccc([C@H]2CC[C@H](CN(c3cccc(-c4cnn(C5CC5)c4)c3)C(=O)[C@H]3CC[C@H](CC(=O)O)CC3)CC2)cc1C#N. The van der Waals surface area contributed by atoms with Crippen LogP contribution in [0.25, 0.3) is 11.1 Å². The second-order valence-corrected chi connectivity index (χ2v) is 13.0. The van der Waals surface area contributed by atoms with E-state index in [-0.39, 0.29) is 24.2 Å². The molecule has 0 aliphatic heterocycles. The van der Waals surface area contributed by atoms with Crippen LogP contribution in [0.15, 0.2) is 54.9 Å². The van der Waals surface area contributed by atoms with Crippen molar-refractivity contribution >= 4 is 17.6 Å². The number of nitrogens with zero attached hydrogens (tertiary/aromatic N) is 4. The van der Waals surface area contributed by atoms with Gasteiger partial charge in [0.2, 0.25) is 5.91 Å². The second-order valence-electron chi connectivity index (χ2n) is 13.0. The minimum absolute atomic E-state index is 0.0821. The molecule has 44 heavy (non-hydrogen) atoms. The number of carboxylic acids is 1. The van der Waals surface area contributed by atoms with Gasteiger partial charge in [0.15, 0.2) is 0 Å². The van der Waals surface area contributed by atoms with Gasteiger partial charge in [0.05, 0.1) is 24.9 Å². The number of nitriles is 1. The Hall–Kier alpha value is -4.12. The van der Waals surface area contributed by atoms with Crippen molar-refractivity contribution in [3.8, 4) is 22.9 Å². The van der Waals surface area contributed by atoms with Crippen LogP contribution < -0.4 is 9.64 Å². The standard InChI is InChI=1S/C36H42N4O4/c1-44-34-16-13-29(18-30(34)20-37)26-9-7-25(8-10-26)22-39(36(43)27-11-5-24(6-12-27)17-35(41)42)33-4-2-3-28(19-33)31-21-38-40(23-31)32-14-15-32/h2-4,13,16,18-19,21,23-27,32H,5-12,14-15,17,22H2,1H3,(H,41,42)/t24-,25-,26-,27-. The maximum atomic E-state index is 14.2. The van der Waals surface area contributed by atoms with E-state index in [0.29, 0.717) is 35.7 Å². The largest absolute Gasteiger partial charge is 0.495 e. The lowest BCUT2D eigenvalue weighted by Gasteiger charge is -2.36. The van der Waals surface area contributed by atoms with Crippen molar-refractivity contribution in [1.82, 2.24) is 9.78 Å². The molecule has 1 N–H and O–H groups in total. The average Bonchev–Trinajstić information content (AvgIpc) is 3.79. The summed E-state index contributed by atoms with van der Waals surface area (Å²) >= 11 is 0. The van der Waals surface area contributed by atoms with Crippen molar-refractivity contribution in [3.63, 3.8) is 0 Å². The van der Waals surface area contributed by atoms with Gasteiger partial charge in [-0.3, -0.25) is 14.3 Å². The molecule has 3 aliphatic rings. The lowest BCUT2D eigenvalue weighted by molar-refractivity contribution is -0.138. The number of carbonyl (C=O) groups is 2. The molecule has 230 valence electrons. The molecule has 0 unspecified atom stereocenters. The van der Waals surface area contributed by atoms with Crippen molar-refractivity contribution in [2.75, 3.05) is 18.6 Å². The molecule has 1 amide bonds. The fourth-order valence-electron chi connectivity index (χ4n) is 7.29. The van der Waals surface area contributed by atoms with Gasteiger partial charge in [-0.25, -0.2) is 0 Å². The first-order valence-corrected chi connectivity index (χ1v) is 16.2. The highest BCUT2D eigenvalue weighted by Crippen LogP contribution is 2.40. The molecule has 0 saturated heterocycles. The third-order valence-corrected chi connectivity index (χ3v) is 10.0. The monoisotopic (exact) mass is 594 g/mol.